The van der Waals surface area contributed by atoms with E-state index in [0.29, 0.717) is 16.8 Å². The largest absolute Gasteiger partial charge is 0.453 e. The summed E-state index contributed by atoms with van der Waals surface area (Å²) < 4.78 is 44.7. The number of carbonyl (C=O) groups is 1. The smallest absolute Gasteiger partial charge is 0.417 e. The molecule has 2 N–H and O–H groups in total. The summed E-state index contributed by atoms with van der Waals surface area (Å²) in [6, 6.07) is 8.58. The molecule has 28 heavy (non-hydrogen) atoms. The van der Waals surface area contributed by atoms with E-state index in [1.54, 1.807) is 30.4 Å². The van der Waals surface area contributed by atoms with Crippen LogP contribution < -0.4 is 10.6 Å². The summed E-state index contributed by atoms with van der Waals surface area (Å²) in [6.45, 7) is 3.83. The van der Waals surface area contributed by atoms with E-state index in [1.807, 2.05) is 0 Å². The van der Waals surface area contributed by atoms with Crippen LogP contribution in [0.15, 0.2) is 67.0 Å². The van der Waals surface area contributed by atoms with E-state index < -0.39 is 17.8 Å². The normalized spacial score (nSPS) is 13.9. The molecule has 1 aromatic heterocycles. The summed E-state index contributed by atoms with van der Waals surface area (Å²) in [5, 5.41) is 5.33. The fourth-order valence-electron chi connectivity index (χ4n) is 2.74. The Morgan fingerprint density at radius 1 is 1.21 bits per heavy atom. The number of amides is 1. The average Bonchev–Trinajstić information content (AvgIpc) is 2.67. The first kappa shape index (κ1) is 19.2. The highest BCUT2D eigenvalue weighted by Gasteiger charge is 2.34. The molecule has 0 aliphatic carbocycles. The molecule has 0 radical (unpaired) electrons. The maximum absolute atomic E-state index is 13.4. The van der Waals surface area contributed by atoms with Gasteiger partial charge in [-0.05, 0) is 41.5 Å². The van der Waals surface area contributed by atoms with Crippen molar-refractivity contribution in [1.29, 1.82) is 0 Å². The Labute approximate surface area is 159 Å². The number of hydrogen-bond donors (Lipinski definition) is 2. The Balaban J connectivity index is 2.01. The lowest BCUT2D eigenvalue weighted by molar-refractivity contribution is -0.137. The minimum Gasteiger partial charge on any atom is -0.453 e. The highest BCUT2D eigenvalue weighted by molar-refractivity contribution is 5.90. The third kappa shape index (κ3) is 4.22. The quantitative estimate of drug-likeness (QED) is 0.793. The van der Waals surface area contributed by atoms with Crippen molar-refractivity contribution in [2.45, 2.75) is 6.18 Å². The van der Waals surface area contributed by atoms with E-state index >= 15 is 0 Å². The summed E-state index contributed by atoms with van der Waals surface area (Å²) in [5.41, 5.74) is 1.24. The van der Waals surface area contributed by atoms with E-state index in [1.165, 1.54) is 25.4 Å². The number of aromatic nitrogens is 1. The zero-order valence-corrected chi connectivity index (χ0v) is 14.8. The van der Waals surface area contributed by atoms with Gasteiger partial charge in [0.1, 0.15) is 5.82 Å². The van der Waals surface area contributed by atoms with Crippen molar-refractivity contribution in [3.63, 3.8) is 0 Å². The molecule has 3 rings (SSSR count). The highest BCUT2D eigenvalue weighted by Crippen LogP contribution is 2.36. The van der Waals surface area contributed by atoms with Crippen molar-refractivity contribution in [2.75, 3.05) is 12.4 Å². The van der Waals surface area contributed by atoms with Gasteiger partial charge in [-0.1, -0.05) is 24.8 Å². The summed E-state index contributed by atoms with van der Waals surface area (Å²) in [6.07, 6.45) is -0.406. The number of nitrogens with one attached hydrogen (secondary N) is 2. The van der Waals surface area contributed by atoms with Gasteiger partial charge in [-0.3, -0.25) is 5.32 Å². The number of methoxy groups -OCH3 is 1. The lowest BCUT2D eigenvalue weighted by atomic mass is 9.96. The third-order valence-corrected chi connectivity index (χ3v) is 3.96. The van der Waals surface area contributed by atoms with Gasteiger partial charge in [0.2, 0.25) is 0 Å². The molecule has 1 amide bonds. The van der Waals surface area contributed by atoms with Gasteiger partial charge in [0.25, 0.3) is 0 Å². The second-order valence-electron chi connectivity index (χ2n) is 5.90. The van der Waals surface area contributed by atoms with Crippen LogP contribution in [0.25, 0.3) is 11.3 Å². The molecule has 2 aromatic rings. The Kier molecular flexibility index (Phi) is 5.21. The summed E-state index contributed by atoms with van der Waals surface area (Å²) in [4.78, 5) is 15.4. The van der Waals surface area contributed by atoms with E-state index in [4.69, 9.17) is 0 Å². The monoisotopic (exact) mass is 387 g/mol. The molecule has 0 fully saturated rings. The molecular formula is C20H16F3N3O2. The lowest BCUT2D eigenvalue weighted by Crippen LogP contribution is -2.18. The van der Waals surface area contributed by atoms with Gasteiger partial charge in [-0.25, -0.2) is 9.78 Å². The number of rotatable bonds is 3. The molecular weight excluding hydrogens is 371 g/mol. The van der Waals surface area contributed by atoms with Crippen LogP contribution in [0, 0.1) is 0 Å². The number of alkyl halides is 3. The highest BCUT2D eigenvalue weighted by atomic mass is 19.4. The topological polar surface area (TPSA) is 63.2 Å². The number of nitrogens with zero attached hydrogens (tertiary/aromatic N) is 1. The van der Waals surface area contributed by atoms with E-state index in [-0.39, 0.29) is 17.1 Å². The average molecular weight is 387 g/mol. The molecule has 1 aliphatic rings. The predicted molar refractivity (Wildman–Crippen MR) is 99.9 cm³/mol. The number of allylic oxidation sites excluding steroid dienone is 3. The van der Waals surface area contributed by atoms with Gasteiger partial charge in [-0.15, -0.1) is 0 Å². The fraction of sp³-hybridized carbons (Fsp3) is 0.100. The van der Waals surface area contributed by atoms with Crippen LogP contribution in [0.5, 0.6) is 0 Å². The van der Waals surface area contributed by atoms with Crippen molar-refractivity contribution in [3.05, 3.63) is 83.7 Å². The standard InChI is InChI=1S/C20H16F3N3O2/c1-12-9-14(13-7-8-24-18(11-13)26-19(27)28-2)10-17(25-12)15-5-3-4-6-16(15)20(21,22)23/h3-11,25H,1H2,2H3,(H,24,26,27). The zero-order chi connectivity index (χ0) is 20.3. The number of pyridine rings is 1. The molecule has 1 aromatic carbocycles. The maximum Gasteiger partial charge on any atom is 0.417 e. The maximum atomic E-state index is 13.4. The molecule has 144 valence electrons. The molecule has 0 spiro atoms. The Hall–Kier alpha value is -3.55. The van der Waals surface area contributed by atoms with Gasteiger partial charge in [0.05, 0.1) is 12.7 Å². The van der Waals surface area contributed by atoms with Gasteiger partial charge in [0, 0.05) is 23.2 Å². The minimum absolute atomic E-state index is 0.0173. The van der Waals surface area contributed by atoms with Crippen molar-refractivity contribution in [2.24, 2.45) is 0 Å². The van der Waals surface area contributed by atoms with Crippen LogP contribution in [-0.4, -0.2) is 18.2 Å². The van der Waals surface area contributed by atoms with Crippen LogP contribution in [0.3, 0.4) is 0 Å². The van der Waals surface area contributed by atoms with Gasteiger partial charge >= 0.3 is 12.3 Å². The van der Waals surface area contributed by atoms with Crippen molar-refractivity contribution in [3.8, 4) is 0 Å². The number of dihydropyridines is 1. The van der Waals surface area contributed by atoms with Crippen LogP contribution in [-0.2, 0) is 10.9 Å². The number of halogens is 3. The van der Waals surface area contributed by atoms with Crippen molar-refractivity contribution >= 4 is 23.2 Å². The first-order chi connectivity index (χ1) is 13.3. The zero-order valence-electron chi connectivity index (χ0n) is 14.8. The number of carbonyl (C=O) groups excluding carboxylic acids is 1. The molecule has 8 heteroatoms. The van der Waals surface area contributed by atoms with E-state index in [9.17, 15) is 18.0 Å². The van der Waals surface area contributed by atoms with Gasteiger partial charge < -0.3 is 10.1 Å². The van der Waals surface area contributed by atoms with Crippen LogP contribution >= 0.6 is 0 Å². The molecule has 0 saturated heterocycles. The SMILES string of the molecule is C=C1C=C(c2ccnc(NC(=O)OC)c2)C=C(c2ccccc2C(F)(F)F)N1. The summed E-state index contributed by atoms with van der Waals surface area (Å²) in [7, 11) is 1.23. The molecule has 0 bridgehead atoms. The minimum atomic E-state index is -4.49. The third-order valence-electron chi connectivity index (χ3n) is 3.96. The number of ether oxygens (including phenoxy) is 1. The Bertz CT molecular complexity index is 994. The summed E-state index contributed by atoms with van der Waals surface area (Å²) in [5.74, 6) is 0.250. The van der Waals surface area contributed by atoms with Crippen LogP contribution in [0.1, 0.15) is 16.7 Å². The van der Waals surface area contributed by atoms with Crippen molar-refractivity contribution < 1.29 is 22.7 Å². The van der Waals surface area contributed by atoms with E-state index in [0.717, 1.165) is 6.07 Å². The molecule has 0 atom stereocenters. The Morgan fingerprint density at radius 2 is 1.96 bits per heavy atom. The first-order valence-electron chi connectivity index (χ1n) is 8.15. The van der Waals surface area contributed by atoms with E-state index in [2.05, 4.69) is 26.9 Å². The van der Waals surface area contributed by atoms with Crippen molar-refractivity contribution in [1.82, 2.24) is 10.3 Å². The molecule has 2 heterocycles. The number of anilines is 1. The fourth-order valence-corrected chi connectivity index (χ4v) is 2.74. The lowest BCUT2D eigenvalue weighted by Gasteiger charge is -2.21. The molecule has 0 unspecified atom stereocenters. The summed E-state index contributed by atoms with van der Waals surface area (Å²) >= 11 is 0. The molecule has 0 saturated carbocycles. The number of benzene rings is 1. The second-order valence-corrected chi connectivity index (χ2v) is 5.90. The van der Waals surface area contributed by atoms with Gasteiger partial charge in [-0.2, -0.15) is 13.2 Å². The number of hydrogen-bond acceptors (Lipinski definition) is 4. The van der Waals surface area contributed by atoms with Crippen LogP contribution in [0.2, 0.25) is 0 Å². The molecule has 5 nitrogen and oxygen atoms in total. The molecule has 1 aliphatic heterocycles. The second kappa shape index (κ2) is 7.59. The Morgan fingerprint density at radius 3 is 2.68 bits per heavy atom. The van der Waals surface area contributed by atoms with Gasteiger partial charge in [0.15, 0.2) is 0 Å². The van der Waals surface area contributed by atoms with Crippen LogP contribution in [0.4, 0.5) is 23.8 Å². The first-order valence-corrected chi connectivity index (χ1v) is 8.15. The predicted octanol–water partition coefficient (Wildman–Crippen LogP) is 4.82.